The summed E-state index contributed by atoms with van der Waals surface area (Å²) in [5.74, 6) is 1.16. The van der Waals surface area contributed by atoms with Crippen LogP contribution in [0.25, 0.3) is 0 Å². The van der Waals surface area contributed by atoms with Crippen LogP contribution >= 0.6 is 0 Å². The van der Waals surface area contributed by atoms with Gasteiger partial charge >= 0.3 is 0 Å². The summed E-state index contributed by atoms with van der Waals surface area (Å²) >= 11 is 0. The first-order valence-electron chi connectivity index (χ1n) is 6.35. The molecule has 3 N–H and O–H groups in total. The van der Waals surface area contributed by atoms with Gasteiger partial charge in [-0.25, -0.2) is 9.97 Å². The second-order valence-electron chi connectivity index (χ2n) is 5.27. The fraction of sp³-hybridized carbons (Fsp3) is 0.692. The highest BCUT2D eigenvalue weighted by Crippen LogP contribution is 2.24. The molecule has 0 saturated carbocycles. The smallest absolute Gasteiger partial charge is 0.168 e. The van der Waals surface area contributed by atoms with Crippen molar-refractivity contribution in [3.05, 3.63) is 12.4 Å². The minimum Gasteiger partial charge on any atom is -0.381 e. The molecule has 0 aliphatic carbocycles. The largest absolute Gasteiger partial charge is 0.381 e. The number of unbranched alkanes of at least 4 members (excludes halogenated alkanes) is 2. The predicted octanol–water partition coefficient (Wildman–Crippen LogP) is 3.08. The lowest BCUT2D eigenvalue weighted by Gasteiger charge is -2.25. The van der Waals surface area contributed by atoms with Crippen LogP contribution in [0.2, 0.25) is 0 Å². The summed E-state index contributed by atoms with van der Waals surface area (Å²) in [6.45, 7) is 7.63. The first-order chi connectivity index (χ1) is 8.05. The highest BCUT2D eigenvalue weighted by atomic mass is 15.0. The average Bonchev–Trinajstić information content (AvgIpc) is 2.28. The third kappa shape index (κ3) is 5.02. The molecule has 0 amide bonds. The molecule has 1 aromatic rings. The number of nitrogens with two attached hydrogens (primary N) is 1. The molecule has 0 radical (unpaired) electrons. The topological polar surface area (TPSA) is 63.8 Å². The zero-order valence-corrected chi connectivity index (χ0v) is 11.2. The van der Waals surface area contributed by atoms with E-state index < -0.39 is 0 Å². The standard InChI is InChI=1S/C13H24N4/c1-4-5-6-7-13(2,3)10-17-12-11(14)15-8-9-16-12/h8-9H,4-7,10H2,1-3H3,(H2,14,15)(H,16,17). The van der Waals surface area contributed by atoms with Crippen molar-refractivity contribution in [2.45, 2.75) is 46.5 Å². The third-order valence-corrected chi connectivity index (χ3v) is 2.92. The van der Waals surface area contributed by atoms with Gasteiger partial charge in [0, 0.05) is 18.9 Å². The van der Waals surface area contributed by atoms with Crippen LogP contribution in [-0.4, -0.2) is 16.5 Å². The Balaban J connectivity index is 2.41. The van der Waals surface area contributed by atoms with Crippen LogP contribution in [0.1, 0.15) is 46.5 Å². The van der Waals surface area contributed by atoms with E-state index in [1.807, 2.05) is 0 Å². The van der Waals surface area contributed by atoms with Crippen molar-refractivity contribution in [1.82, 2.24) is 9.97 Å². The van der Waals surface area contributed by atoms with E-state index in [9.17, 15) is 0 Å². The van der Waals surface area contributed by atoms with Gasteiger partial charge in [0.25, 0.3) is 0 Å². The van der Waals surface area contributed by atoms with Crippen molar-refractivity contribution in [2.24, 2.45) is 5.41 Å². The van der Waals surface area contributed by atoms with Gasteiger partial charge < -0.3 is 11.1 Å². The Morgan fingerprint density at radius 2 is 1.94 bits per heavy atom. The number of rotatable bonds is 7. The lowest BCUT2D eigenvalue weighted by Crippen LogP contribution is -2.24. The summed E-state index contributed by atoms with van der Waals surface area (Å²) in [5, 5.41) is 3.28. The molecule has 0 unspecified atom stereocenters. The van der Waals surface area contributed by atoms with Gasteiger partial charge in [0.15, 0.2) is 11.6 Å². The molecule has 1 rings (SSSR count). The second kappa shape index (κ2) is 6.42. The van der Waals surface area contributed by atoms with E-state index in [-0.39, 0.29) is 5.41 Å². The molecule has 1 aromatic heterocycles. The maximum atomic E-state index is 5.74. The van der Waals surface area contributed by atoms with E-state index in [4.69, 9.17) is 5.73 Å². The molecule has 0 bridgehead atoms. The Bertz CT molecular complexity index is 336. The van der Waals surface area contributed by atoms with E-state index >= 15 is 0 Å². The zero-order valence-electron chi connectivity index (χ0n) is 11.2. The van der Waals surface area contributed by atoms with E-state index in [1.165, 1.54) is 25.7 Å². The lowest BCUT2D eigenvalue weighted by molar-refractivity contribution is 0.342. The molecule has 4 nitrogen and oxygen atoms in total. The maximum Gasteiger partial charge on any atom is 0.168 e. The molecule has 17 heavy (non-hydrogen) atoms. The Labute approximate surface area is 104 Å². The summed E-state index contributed by atoms with van der Waals surface area (Å²) in [4.78, 5) is 8.19. The van der Waals surface area contributed by atoms with E-state index in [0.29, 0.717) is 11.6 Å². The summed E-state index contributed by atoms with van der Waals surface area (Å²) < 4.78 is 0. The first kappa shape index (κ1) is 13.7. The van der Waals surface area contributed by atoms with Gasteiger partial charge in [-0.15, -0.1) is 0 Å². The molecule has 0 saturated heterocycles. The van der Waals surface area contributed by atoms with Gasteiger partial charge in [0.2, 0.25) is 0 Å². The van der Waals surface area contributed by atoms with Crippen molar-refractivity contribution in [3.63, 3.8) is 0 Å². The van der Waals surface area contributed by atoms with Gasteiger partial charge in [0.05, 0.1) is 0 Å². The number of nitrogens with zero attached hydrogens (tertiary/aromatic N) is 2. The van der Waals surface area contributed by atoms with Gasteiger partial charge in [-0.2, -0.15) is 0 Å². The second-order valence-corrected chi connectivity index (χ2v) is 5.27. The molecule has 0 atom stereocenters. The average molecular weight is 236 g/mol. The van der Waals surface area contributed by atoms with Gasteiger partial charge in [-0.3, -0.25) is 0 Å². The highest BCUT2D eigenvalue weighted by Gasteiger charge is 2.17. The van der Waals surface area contributed by atoms with Crippen LogP contribution in [0.4, 0.5) is 11.6 Å². The Morgan fingerprint density at radius 1 is 1.24 bits per heavy atom. The molecular weight excluding hydrogens is 212 g/mol. The molecule has 4 heteroatoms. The van der Waals surface area contributed by atoms with E-state index in [2.05, 4.69) is 36.1 Å². The monoisotopic (exact) mass is 236 g/mol. The van der Waals surface area contributed by atoms with Crippen LogP contribution in [0.15, 0.2) is 12.4 Å². The fourth-order valence-electron chi connectivity index (χ4n) is 1.75. The van der Waals surface area contributed by atoms with Crippen LogP contribution in [0, 0.1) is 5.41 Å². The summed E-state index contributed by atoms with van der Waals surface area (Å²) in [5.41, 5.74) is 6.00. The number of nitrogen functional groups attached to an aromatic ring is 1. The molecule has 0 fully saturated rings. The number of hydrogen-bond acceptors (Lipinski definition) is 4. The van der Waals surface area contributed by atoms with Gasteiger partial charge in [-0.05, 0) is 11.8 Å². The van der Waals surface area contributed by atoms with Gasteiger partial charge in [-0.1, -0.05) is 40.0 Å². The number of nitrogens with one attached hydrogen (secondary N) is 1. The minimum atomic E-state index is 0.263. The lowest BCUT2D eigenvalue weighted by atomic mass is 9.87. The van der Waals surface area contributed by atoms with Gasteiger partial charge in [0.1, 0.15) is 0 Å². The molecule has 0 spiro atoms. The highest BCUT2D eigenvalue weighted by molar-refractivity contribution is 5.54. The number of anilines is 2. The van der Waals surface area contributed by atoms with Crippen molar-refractivity contribution in [3.8, 4) is 0 Å². The minimum absolute atomic E-state index is 0.263. The maximum absolute atomic E-state index is 5.74. The van der Waals surface area contributed by atoms with Crippen molar-refractivity contribution >= 4 is 11.6 Å². The summed E-state index contributed by atoms with van der Waals surface area (Å²) in [6, 6.07) is 0. The van der Waals surface area contributed by atoms with Crippen LogP contribution < -0.4 is 11.1 Å². The quantitative estimate of drug-likeness (QED) is 0.714. The molecular formula is C13H24N4. The number of hydrogen-bond donors (Lipinski definition) is 2. The Morgan fingerprint density at radius 3 is 2.59 bits per heavy atom. The van der Waals surface area contributed by atoms with Crippen molar-refractivity contribution < 1.29 is 0 Å². The Hall–Kier alpha value is -1.32. The molecule has 1 heterocycles. The summed E-state index contributed by atoms with van der Waals surface area (Å²) in [7, 11) is 0. The van der Waals surface area contributed by atoms with E-state index in [0.717, 1.165) is 6.54 Å². The van der Waals surface area contributed by atoms with Crippen LogP contribution in [0.3, 0.4) is 0 Å². The Kier molecular flexibility index (Phi) is 5.19. The summed E-state index contributed by atoms with van der Waals surface area (Å²) in [6.07, 6.45) is 8.32. The normalized spacial score (nSPS) is 11.5. The SMILES string of the molecule is CCCCCC(C)(C)CNc1nccnc1N. The number of aromatic nitrogens is 2. The van der Waals surface area contributed by atoms with E-state index in [1.54, 1.807) is 12.4 Å². The van der Waals surface area contributed by atoms with Crippen molar-refractivity contribution in [2.75, 3.05) is 17.6 Å². The molecule has 0 aliphatic rings. The predicted molar refractivity (Wildman–Crippen MR) is 72.9 cm³/mol. The molecule has 96 valence electrons. The third-order valence-electron chi connectivity index (χ3n) is 2.92. The first-order valence-corrected chi connectivity index (χ1v) is 6.35. The molecule has 0 aromatic carbocycles. The molecule has 0 aliphatic heterocycles. The van der Waals surface area contributed by atoms with Crippen LogP contribution in [-0.2, 0) is 0 Å². The van der Waals surface area contributed by atoms with Crippen molar-refractivity contribution in [1.29, 1.82) is 0 Å². The zero-order chi connectivity index (χ0) is 12.7. The van der Waals surface area contributed by atoms with Crippen LogP contribution in [0.5, 0.6) is 0 Å². The fourth-order valence-corrected chi connectivity index (χ4v) is 1.75.